The smallest absolute Gasteiger partial charge is 0.550 e. The third-order valence-corrected chi connectivity index (χ3v) is 3.59. The summed E-state index contributed by atoms with van der Waals surface area (Å²) in [5, 5.41) is 28.4. The number of carboxylic acid groups (broad SMARTS) is 2. The maximum atomic E-state index is 10.3. The van der Waals surface area contributed by atoms with Crippen molar-refractivity contribution in [3.05, 3.63) is 0 Å². The molecule has 0 aliphatic carbocycles. The van der Waals surface area contributed by atoms with E-state index >= 15 is 0 Å². The summed E-state index contributed by atoms with van der Waals surface area (Å²) in [6, 6.07) is 0. The number of hydrogen-bond acceptors (Lipinski definition) is 6. The van der Waals surface area contributed by atoms with Gasteiger partial charge in [0.15, 0.2) is 0 Å². The Balaban J connectivity index is -0.000000141. The van der Waals surface area contributed by atoms with Gasteiger partial charge in [-0.2, -0.15) is 0 Å². The summed E-state index contributed by atoms with van der Waals surface area (Å²) in [4.78, 5) is 20.7. The van der Waals surface area contributed by atoms with Crippen LogP contribution in [0.2, 0.25) is 0 Å². The van der Waals surface area contributed by atoms with Crippen LogP contribution in [0.4, 0.5) is 0 Å². The van der Waals surface area contributed by atoms with Crippen molar-refractivity contribution in [3.63, 3.8) is 0 Å². The van der Waals surface area contributed by atoms with E-state index in [-0.39, 0.29) is 35.5 Å². The molecular weight excluding hydrogens is 374 g/mol. The Labute approximate surface area is 164 Å². The molecule has 0 saturated carbocycles. The minimum atomic E-state index is -0.893. The predicted molar refractivity (Wildman–Crippen MR) is 92.8 cm³/mol. The number of nitrogens with two attached hydrogens (primary N) is 1. The third-order valence-electron chi connectivity index (χ3n) is 3.59. The summed E-state index contributed by atoms with van der Waals surface area (Å²) >= 11 is 0. The van der Waals surface area contributed by atoms with Crippen LogP contribution < -0.4 is 15.9 Å². The van der Waals surface area contributed by atoms with Crippen LogP contribution in [0.3, 0.4) is 0 Å². The van der Waals surface area contributed by atoms with Crippen molar-refractivity contribution in [1.82, 2.24) is 0 Å². The van der Waals surface area contributed by atoms with Gasteiger partial charge in [0.25, 0.3) is 0 Å². The second kappa shape index (κ2) is 25.6. The zero-order valence-electron chi connectivity index (χ0n) is 16.2. The van der Waals surface area contributed by atoms with Crippen LogP contribution in [0.15, 0.2) is 0 Å². The van der Waals surface area contributed by atoms with Gasteiger partial charge in [-0.25, -0.2) is 0 Å². The fourth-order valence-electron chi connectivity index (χ4n) is 1.88. The van der Waals surface area contributed by atoms with Gasteiger partial charge >= 0.3 is 17.1 Å². The Morgan fingerprint density at radius 2 is 1.16 bits per heavy atom. The molecule has 0 rings (SSSR count). The van der Waals surface area contributed by atoms with Crippen LogP contribution in [0.5, 0.6) is 0 Å². The van der Waals surface area contributed by atoms with Gasteiger partial charge in [-0.15, -0.1) is 0 Å². The summed E-state index contributed by atoms with van der Waals surface area (Å²) in [5.74, 6) is -2.23. The Morgan fingerprint density at radius 3 is 1.28 bits per heavy atom. The summed E-state index contributed by atoms with van der Waals surface area (Å²) in [5.41, 5.74) is 4.78. The van der Waals surface area contributed by atoms with Gasteiger partial charge in [0, 0.05) is 18.5 Å². The molecule has 1 radical (unpaired) electrons. The number of aliphatic hydroxyl groups is 1. The Morgan fingerprint density at radius 1 is 0.880 bits per heavy atom. The first-order valence-electron chi connectivity index (χ1n) is 9.08. The monoisotopic (exact) mass is 410 g/mol. The molecule has 3 N–H and O–H groups in total. The number of carbonyl (C=O) groups excluding carboxylic acids is 2. The van der Waals surface area contributed by atoms with E-state index in [9.17, 15) is 19.8 Å². The molecule has 0 aliphatic rings. The summed E-state index contributed by atoms with van der Waals surface area (Å²) in [6.45, 7) is 8.36. The van der Waals surface area contributed by atoms with E-state index < -0.39 is 11.9 Å². The minimum absolute atomic E-state index is 0. The minimum Gasteiger partial charge on any atom is -0.550 e. The first kappa shape index (κ1) is 32.1. The molecule has 25 heavy (non-hydrogen) atoms. The average Bonchev–Trinajstić information content (AvgIpc) is 2.56. The molecule has 6 nitrogen and oxygen atoms in total. The first-order chi connectivity index (χ1) is 11.4. The van der Waals surface area contributed by atoms with E-state index in [4.69, 9.17) is 10.8 Å². The fraction of sp³-hybridized carbons (Fsp3) is 0.889. The van der Waals surface area contributed by atoms with Gasteiger partial charge in [0.05, 0.1) is 6.61 Å². The Kier molecular flexibility index (Phi) is 32.9. The molecule has 2 unspecified atom stereocenters. The molecule has 2 atom stereocenters. The number of carbonyl (C=O) groups is 2. The van der Waals surface area contributed by atoms with Gasteiger partial charge in [-0.05, 0) is 37.5 Å². The molecule has 0 bridgehead atoms. The molecule has 0 aromatic rings. The van der Waals surface area contributed by atoms with Crippen LogP contribution in [-0.4, -0.2) is 30.2 Å². The van der Waals surface area contributed by atoms with Gasteiger partial charge in [0.1, 0.15) is 0 Å². The van der Waals surface area contributed by atoms with Gasteiger partial charge in [-0.3, -0.25) is 0 Å². The van der Waals surface area contributed by atoms with Gasteiger partial charge in [0.2, 0.25) is 0 Å². The van der Waals surface area contributed by atoms with Crippen molar-refractivity contribution >= 4 is 11.9 Å². The number of carboxylic acids is 2. The fourth-order valence-corrected chi connectivity index (χ4v) is 1.88. The predicted octanol–water partition coefficient (Wildman–Crippen LogP) is 0.840. The van der Waals surface area contributed by atoms with Gasteiger partial charge < -0.3 is 30.6 Å². The molecule has 0 fully saturated rings. The SMILES string of the molecule is CCCCC(CC)C(=O)[O-].CCCCC(CC)C(=O)[O-].NCCO.[Cu+2]. The van der Waals surface area contributed by atoms with Crippen LogP contribution in [0.1, 0.15) is 79.1 Å². The molecule has 0 aliphatic heterocycles. The second-order valence-corrected chi connectivity index (χ2v) is 5.65. The van der Waals surface area contributed by atoms with Crippen molar-refractivity contribution in [2.24, 2.45) is 17.6 Å². The molecule has 0 aromatic carbocycles. The van der Waals surface area contributed by atoms with Gasteiger partial charge in [-0.1, -0.05) is 53.4 Å². The van der Waals surface area contributed by atoms with Crippen molar-refractivity contribution in [3.8, 4) is 0 Å². The van der Waals surface area contributed by atoms with E-state index in [0.717, 1.165) is 38.5 Å². The molecule has 0 spiro atoms. The summed E-state index contributed by atoms with van der Waals surface area (Å²) < 4.78 is 0. The average molecular weight is 411 g/mol. The summed E-state index contributed by atoms with van der Waals surface area (Å²) in [6.07, 6.45) is 7.04. The maximum Gasteiger partial charge on any atom is 2.00 e. The van der Waals surface area contributed by atoms with E-state index in [1.165, 1.54) is 0 Å². The molecule has 0 saturated heterocycles. The van der Waals surface area contributed by atoms with E-state index in [1.54, 1.807) is 0 Å². The largest absolute Gasteiger partial charge is 2.00 e. The van der Waals surface area contributed by atoms with E-state index in [0.29, 0.717) is 19.4 Å². The van der Waals surface area contributed by atoms with Crippen LogP contribution >= 0.6 is 0 Å². The van der Waals surface area contributed by atoms with Crippen molar-refractivity contribution in [1.29, 1.82) is 0 Å². The second-order valence-electron chi connectivity index (χ2n) is 5.65. The topological polar surface area (TPSA) is 127 Å². The van der Waals surface area contributed by atoms with Crippen LogP contribution in [0, 0.1) is 11.8 Å². The number of rotatable bonds is 11. The zero-order valence-corrected chi connectivity index (χ0v) is 17.1. The normalized spacial score (nSPS) is 11.6. The molecule has 0 aromatic heterocycles. The molecule has 0 heterocycles. The maximum absolute atomic E-state index is 10.3. The number of aliphatic carboxylic acids is 2. The summed E-state index contributed by atoms with van der Waals surface area (Å²) in [7, 11) is 0. The van der Waals surface area contributed by atoms with Crippen LogP contribution in [0.25, 0.3) is 0 Å². The Hall–Kier alpha value is -0.621. The van der Waals surface area contributed by atoms with Crippen LogP contribution in [-0.2, 0) is 26.7 Å². The Bertz CT molecular complexity index is 263. The van der Waals surface area contributed by atoms with E-state index in [2.05, 4.69) is 13.8 Å². The molecule has 155 valence electrons. The number of aliphatic hydroxyl groups excluding tert-OH is 1. The standard InChI is InChI=1S/2C8H16O2.C2H7NO.Cu/c2*1-3-5-6-7(4-2)8(9)10;3-1-2-4;/h2*7H,3-6H2,1-2H3,(H,9,10);4H,1-3H2;/q;;;+2/p-2. The molecule has 7 heteroatoms. The molecule has 0 amide bonds. The third kappa shape index (κ3) is 25.7. The number of unbranched alkanes of at least 4 members (excludes halogenated alkanes) is 2. The molecular formula is C18H37CuNO5. The zero-order chi connectivity index (χ0) is 19.4. The van der Waals surface area contributed by atoms with E-state index in [1.807, 2.05) is 13.8 Å². The van der Waals surface area contributed by atoms with Crippen molar-refractivity contribution < 1.29 is 42.0 Å². The first-order valence-corrected chi connectivity index (χ1v) is 9.08. The quantitative estimate of drug-likeness (QED) is 0.486. The van der Waals surface area contributed by atoms with Crippen molar-refractivity contribution in [2.75, 3.05) is 13.2 Å². The van der Waals surface area contributed by atoms with Crippen molar-refractivity contribution in [2.45, 2.75) is 79.1 Å². The number of hydrogen-bond donors (Lipinski definition) is 2.